The number of nitrogens with zero attached hydrogens (tertiary/aromatic N) is 2. The van der Waals surface area contributed by atoms with E-state index in [1.807, 2.05) is 0 Å². The van der Waals surface area contributed by atoms with Crippen LogP contribution < -0.4 is 10.1 Å². The first-order valence-corrected chi connectivity index (χ1v) is 15.7. The molecule has 1 aromatic heterocycles. The van der Waals surface area contributed by atoms with Crippen molar-refractivity contribution in [1.29, 1.82) is 0 Å². The molecule has 0 saturated carbocycles. The lowest BCUT2D eigenvalue weighted by Gasteiger charge is -2.21. The number of hydrogen-bond acceptors (Lipinski definition) is 7. The number of halogens is 2. The quantitative estimate of drug-likeness (QED) is 0.175. The number of rotatable bonds is 12. The molecule has 14 heteroatoms. The Morgan fingerprint density at radius 1 is 0.829 bits per heavy atom. The molecule has 10 nitrogen and oxygen atoms in total. The summed E-state index contributed by atoms with van der Waals surface area (Å²) in [6, 6.07) is 23.3. The molecule has 0 atom stereocenters. The third kappa shape index (κ3) is 8.49. The summed E-state index contributed by atoms with van der Waals surface area (Å²) in [5.41, 5.74) is 2.98. The van der Waals surface area contributed by atoms with Crippen molar-refractivity contribution in [2.75, 3.05) is 6.54 Å². The monoisotopic (exact) mass is 634 g/mol. The zero-order valence-corrected chi connectivity index (χ0v) is 24.4. The lowest BCUT2D eigenvalue weighted by atomic mass is 10.2. The molecule has 0 unspecified atom stereocenters. The first kappa shape index (κ1) is 30.4. The van der Waals surface area contributed by atoms with E-state index in [9.17, 15) is 21.6 Å². The zero-order chi connectivity index (χ0) is 29.5. The number of carbonyl (C=O) groups is 1. The first-order chi connectivity index (χ1) is 19.5. The summed E-state index contributed by atoms with van der Waals surface area (Å²) in [6.45, 7) is -0.675. The minimum atomic E-state index is -4.04. The molecule has 0 aliphatic carbocycles. The van der Waals surface area contributed by atoms with E-state index in [4.69, 9.17) is 27.6 Å². The van der Waals surface area contributed by atoms with Crippen LogP contribution in [0, 0.1) is 0 Å². The maximum absolute atomic E-state index is 13.3. The van der Waals surface area contributed by atoms with E-state index in [0.29, 0.717) is 21.4 Å². The summed E-state index contributed by atoms with van der Waals surface area (Å²) in [5.74, 6) is -0.142. The van der Waals surface area contributed by atoms with Crippen molar-refractivity contribution in [2.24, 2.45) is 5.10 Å². The Labute approximate surface area is 247 Å². The molecule has 3 aromatic carbocycles. The van der Waals surface area contributed by atoms with Crippen LogP contribution in [-0.4, -0.2) is 39.8 Å². The zero-order valence-electron chi connectivity index (χ0n) is 21.3. The Bertz CT molecular complexity index is 1730. The molecule has 0 aliphatic heterocycles. The maximum Gasteiger partial charge on any atom is 0.255 e. The topological polar surface area (TPSA) is 138 Å². The van der Waals surface area contributed by atoms with Crippen molar-refractivity contribution in [2.45, 2.75) is 22.9 Å². The van der Waals surface area contributed by atoms with Gasteiger partial charge in [0, 0.05) is 16.6 Å². The van der Waals surface area contributed by atoms with Crippen molar-refractivity contribution in [3.8, 4) is 0 Å². The average molecular weight is 636 g/mol. The predicted octanol–water partition coefficient (Wildman–Crippen LogP) is 4.41. The van der Waals surface area contributed by atoms with E-state index in [1.165, 1.54) is 60.8 Å². The normalized spacial score (nSPS) is 12.2. The highest BCUT2D eigenvalue weighted by molar-refractivity contribution is 7.89. The van der Waals surface area contributed by atoms with Crippen LogP contribution in [0.2, 0.25) is 10.0 Å². The van der Waals surface area contributed by atoms with Gasteiger partial charge in [-0.1, -0.05) is 53.5 Å². The van der Waals surface area contributed by atoms with Gasteiger partial charge in [0.2, 0.25) is 20.0 Å². The van der Waals surface area contributed by atoms with Gasteiger partial charge in [-0.15, -0.1) is 0 Å². The van der Waals surface area contributed by atoms with Gasteiger partial charge in [0.25, 0.3) is 5.91 Å². The van der Waals surface area contributed by atoms with E-state index in [0.717, 1.165) is 4.31 Å². The largest absolute Gasteiger partial charge is 0.459 e. The van der Waals surface area contributed by atoms with Gasteiger partial charge in [0.15, 0.2) is 0 Å². The van der Waals surface area contributed by atoms with Crippen molar-refractivity contribution < 1.29 is 26.0 Å². The SMILES string of the molecule is O=C(CN(Cc1ccccc1)S(=O)(=O)c1ccc(Cl)cc1)N/N=C\c1ccc(CNS(=O)(=O)c2ccc(Cl)cc2)o1. The fourth-order valence-corrected chi connectivity index (χ4v) is 6.18. The molecule has 1 amide bonds. The summed E-state index contributed by atoms with van der Waals surface area (Å²) < 4.78 is 60.5. The smallest absolute Gasteiger partial charge is 0.255 e. The van der Waals surface area contributed by atoms with Gasteiger partial charge in [0.05, 0.1) is 29.1 Å². The Balaban J connectivity index is 1.37. The lowest BCUT2D eigenvalue weighted by Crippen LogP contribution is -2.39. The molecule has 41 heavy (non-hydrogen) atoms. The Hall–Kier alpha value is -3.52. The van der Waals surface area contributed by atoms with Crippen molar-refractivity contribution >= 4 is 55.4 Å². The van der Waals surface area contributed by atoms with Crippen LogP contribution in [0.3, 0.4) is 0 Å². The molecule has 0 spiro atoms. The molecule has 214 valence electrons. The van der Waals surface area contributed by atoms with Gasteiger partial charge < -0.3 is 4.42 Å². The van der Waals surface area contributed by atoms with Gasteiger partial charge in [-0.05, 0) is 66.2 Å². The molecule has 0 bridgehead atoms. The Morgan fingerprint density at radius 2 is 1.44 bits per heavy atom. The molecule has 0 aliphatic rings. The standard InChI is InChI=1S/C27H24Cl2N4O6S2/c28-21-6-12-25(13-7-21)40(35,36)31-17-24-11-10-23(39-24)16-30-32-27(34)19-33(18-20-4-2-1-3-5-20)41(37,38)26-14-8-22(29)9-15-26/h1-16,31H,17-19H2,(H,32,34)/b30-16-. The molecule has 0 saturated heterocycles. The fourth-order valence-electron chi connectivity index (χ4n) is 3.55. The highest BCUT2D eigenvalue weighted by Gasteiger charge is 2.27. The number of sulfonamides is 2. The number of carbonyl (C=O) groups excluding carboxylic acids is 1. The summed E-state index contributed by atoms with van der Waals surface area (Å²) >= 11 is 11.7. The predicted molar refractivity (Wildman–Crippen MR) is 155 cm³/mol. The highest BCUT2D eigenvalue weighted by atomic mass is 35.5. The number of furan rings is 1. The first-order valence-electron chi connectivity index (χ1n) is 12.0. The van der Waals surface area contributed by atoms with Crippen LogP contribution in [0.1, 0.15) is 17.1 Å². The molecule has 4 aromatic rings. The maximum atomic E-state index is 13.3. The Kier molecular flexibility index (Phi) is 9.97. The molecular formula is C27H24Cl2N4O6S2. The van der Waals surface area contributed by atoms with Crippen LogP contribution in [0.15, 0.2) is 110 Å². The number of nitrogens with one attached hydrogen (secondary N) is 2. The highest BCUT2D eigenvalue weighted by Crippen LogP contribution is 2.20. The minimum Gasteiger partial charge on any atom is -0.459 e. The number of amides is 1. The minimum absolute atomic E-state index is 0.0102. The molecular weight excluding hydrogens is 611 g/mol. The van der Waals surface area contributed by atoms with Crippen LogP contribution in [0.5, 0.6) is 0 Å². The summed E-state index contributed by atoms with van der Waals surface area (Å²) in [6.07, 6.45) is 1.21. The van der Waals surface area contributed by atoms with E-state index in [1.54, 1.807) is 36.4 Å². The lowest BCUT2D eigenvalue weighted by molar-refractivity contribution is -0.121. The number of benzene rings is 3. The molecule has 1 heterocycles. The van der Waals surface area contributed by atoms with Crippen molar-refractivity contribution in [3.05, 3.63) is 118 Å². The van der Waals surface area contributed by atoms with E-state index >= 15 is 0 Å². The van der Waals surface area contributed by atoms with Crippen LogP contribution in [-0.2, 0) is 37.9 Å². The second-order valence-corrected chi connectivity index (χ2v) is 13.2. The third-order valence-corrected chi connectivity index (χ3v) is 9.32. The fraction of sp³-hybridized carbons (Fsp3) is 0.111. The molecule has 2 N–H and O–H groups in total. The summed E-state index contributed by atoms with van der Waals surface area (Å²) in [4.78, 5) is 12.7. The van der Waals surface area contributed by atoms with Gasteiger partial charge in [-0.2, -0.15) is 9.41 Å². The molecule has 0 fully saturated rings. The third-order valence-electron chi connectivity index (χ3n) is 5.60. The summed E-state index contributed by atoms with van der Waals surface area (Å²) in [7, 11) is -7.83. The molecule has 0 radical (unpaired) electrons. The van der Waals surface area contributed by atoms with E-state index in [2.05, 4.69) is 15.2 Å². The van der Waals surface area contributed by atoms with Gasteiger partial charge in [0.1, 0.15) is 11.5 Å². The second kappa shape index (κ2) is 13.4. The number of hydrogen-bond donors (Lipinski definition) is 2. The van der Waals surface area contributed by atoms with Crippen LogP contribution >= 0.6 is 23.2 Å². The molecule has 4 rings (SSSR count). The Morgan fingerprint density at radius 3 is 2.07 bits per heavy atom. The van der Waals surface area contributed by atoms with Gasteiger partial charge in [-0.3, -0.25) is 4.79 Å². The number of hydrazone groups is 1. The van der Waals surface area contributed by atoms with E-state index in [-0.39, 0.29) is 28.6 Å². The second-order valence-electron chi connectivity index (χ2n) is 8.59. The van der Waals surface area contributed by atoms with Crippen molar-refractivity contribution in [1.82, 2.24) is 14.5 Å². The van der Waals surface area contributed by atoms with Crippen molar-refractivity contribution in [3.63, 3.8) is 0 Å². The van der Waals surface area contributed by atoms with Gasteiger partial charge in [-0.25, -0.2) is 27.0 Å². The summed E-state index contributed by atoms with van der Waals surface area (Å²) in [5, 5.41) is 4.63. The van der Waals surface area contributed by atoms with Crippen LogP contribution in [0.4, 0.5) is 0 Å². The van der Waals surface area contributed by atoms with E-state index < -0.39 is 32.5 Å². The van der Waals surface area contributed by atoms with Gasteiger partial charge >= 0.3 is 0 Å². The van der Waals surface area contributed by atoms with Crippen LogP contribution in [0.25, 0.3) is 0 Å². The average Bonchev–Trinajstić information content (AvgIpc) is 3.40.